The van der Waals surface area contributed by atoms with Crippen LogP contribution in [0.15, 0.2) is 34.7 Å². The number of hydrogen-bond acceptors (Lipinski definition) is 3. The number of carbonyl (C=O) groups is 2. The molecule has 1 N–H and O–H groups in total. The van der Waals surface area contributed by atoms with Gasteiger partial charge in [0.1, 0.15) is 17.3 Å². The molecule has 0 aliphatic carbocycles. The summed E-state index contributed by atoms with van der Waals surface area (Å²) in [5.74, 6) is 0.0577. The highest BCUT2D eigenvalue weighted by molar-refractivity contribution is 5.97. The molecule has 1 aliphatic rings. The lowest BCUT2D eigenvalue weighted by molar-refractivity contribution is -0.121. The summed E-state index contributed by atoms with van der Waals surface area (Å²) in [4.78, 5) is 26.8. The van der Waals surface area contributed by atoms with Crippen LogP contribution in [-0.4, -0.2) is 29.8 Å². The molecule has 132 valence electrons. The molecule has 2 aromatic rings. The second-order valence-corrected chi connectivity index (χ2v) is 6.39. The number of halogens is 1. The Morgan fingerprint density at radius 1 is 1.28 bits per heavy atom. The van der Waals surface area contributed by atoms with Gasteiger partial charge in [-0.2, -0.15) is 0 Å². The highest BCUT2D eigenvalue weighted by Gasteiger charge is 2.30. The predicted molar refractivity (Wildman–Crippen MR) is 91.8 cm³/mol. The highest BCUT2D eigenvalue weighted by Crippen LogP contribution is 2.23. The minimum absolute atomic E-state index is 0.127. The molecule has 2 amide bonds. The summed E-state index contributed by atoms with van der Waals surface area (Å²) in [7, 11) is 0. The molecular formula is C19H21FN2O3. The fourth-order valence-corrected chi connectivity index (χ4v) is 3.19. The third kappa shape index (κ3) is 3.73. The van der Waals surface area contributed by atoms with Crippen molar-refractivity contribution in [3.8, 4) is 0 Å². The van der Waals surface area contributed by atoms with Gasteiger partial charge in [-0.3, -0.25) is 9.59 Å². The maximum absolute atomic E-state index is 13.7. The third-order valence-corrected chi connectivity index (χ3v) is 4.48. The monoisotopic (exact) mass is 344 g/mol. The van der Waals surface area contributed by atoms with E-state index in [9.17, 15) is 14.0 Å². The molecule has 6 heteroatoms. The summed E-state index contributed by atoms with van der Waals surface area (Å²) in [6.45, 7) is 4.48. The SMILES string of the molecule is Cc1cc(C(=O)N2CCCC(C(=O)Nc3ccccc3F)C2)c(C)o1. The Morgan fingerprint density at radius 2 is 2.04 bits per heavy atom. The molecule has 2 heterocycles. The number of benzene rings is 1. The molecule has 0 spiro atoms. The smallest absolute Gasteiger partial charge is 0.257 e. The second kappa shape index (κ2) is 7.09. The quantitative estimate of drug-likeness (QED) is 0.926. The first-order valence-electron chi connectivity index (χ1n) is 8.37. The van der Waals surface area contributed by atoms with Gasteiger partial charge in [0.15, 0.2) is 0 Å². The first-order valence-corrected chi connectivity index (χ1v) is 8.37. The summed E-state index contributed by atoms with van der Waals surface area (Å²) in [6.07, 6.45) is 1.41. The van der Waals surface area contributed by atoms with Crippen LogP contribution in [0.2, 0.25) is 0 Å². The molecule has 25 heavy (non-hydrogen) atoms. The van der Waals surface area contributed by atoms with E-state index in [-0.39, 0.29) is 23.4 Å². The van der Waals surface area contributed by atoms with E-state index in [1.54, 1.807) is 36.9 Å². The summed E-state index contributed by atoms with van der Waals surface area (Å²) in [5.41, 5.74) is 0.699. The summed E-state index contributed by atoms with van der Waals surface area (Å²) in [5, 5.41) is 2.62. The van der Waals surface area contributed by atoms with E-state index in [4.69, 9.17) is 4.42 Å². The number of piperidine rings is 1. The molecule has 1 fully saturated rings. The second-order valence-electron chi connectivity index (χ2n) is 6.39. The van der Waals surface area contributed by atoms with Gasteiger partial charge in [-0.25, -0.2) is 4.39 Å². The number of furan rings is 1. The predicted octanol–water partition coefficient (Wildman–Crippen LogP) is 3.53. The van der Waals surface area contributed by atoms with Gasteiger partial charge in [0, 0.05) is 13.1 Å². The maximum Gasteiger partial charge on any atom is 0.257 e. The van der Waals surface area contributed by atoms with Gasteiger partial charge in [0.25, 0.3) is 5.91 Å². The van der Waals surface area contributed by atoms with Gasteiger partial charge < -0.3 is 14.6 Å². The molecule has 0 bridgehead atoms. The molecule has 5 nitrogen and oxygen atoms in total. The lowest BCUT2D eigenvalue weighted by atomic mass is 9.96. The van der Waals surface area contributed by atoms with Crippen molar-refractivity contribution < 1.29 is 18.4 Å². The normalized spacial score (nSPS) is 17.4. The number of anilines is 1. The van der Waals surface area contributed by atoms with E-state index in [1.807, 2.05) is 0 Å². The van der Waals surface area contributed by atoms with Crippen LogP contribution >= 0.6 is 0 Å². The van der Waals surface area contributed by atoms with E-state index in [0.717, 1.165) is 6.42 Å². The van der Waals surface area contributed by atoms with E-state index < -0.39 is 5.82 Å². The van der Waals surface area contributed by atoms with Crippen molar-refractivity contribution in [2.45, 2.75) is 26.7 Å². The van der Waals surface area contributed by atoms with Crippen molar-refractivity contribution >= 4 is 17.5 Å². The largest absolute Gasteiger partial charge is 0.466 e. The number of nitrogens with one attached hydrogen (secondary N) is 1. The van der Waals surface area contributed by atoms with Gasteiger partial charge in [0.05, 0.1) is 17.2 Å². The van der Waals surface area contributed by atoms with Crippen LogP contribution in [-0.2, 0) is 4.79 Å². The van der Waals surface area contributed by atoms with E-state index in [2.05, 4.69) is 5.32 Å². The van der Waals surface area contributed by atoms with Crippen LogP contribution in [0.4, 0.5) is 10.1 Å². The van der Waals surface area contributed by atoms with E-state index in [0.29, 0.717) is 36.6 Å². The number of rotatable bonds is 3. The standard InChI is InChI=1S/C19H21FN2O3/c1-12-10-15(13(2)25-12)19(24)22-9-5-6-14(11-22)18(23)21-17-8-4-3-7-16(17)20/h3-4,7-8,10,14H,5-6,9,11H2,1-2H3,(H,21,23). The van der Waals surface area contributed by atoms with Crippen LogP contribution in [0.3, 0.4) is 0 Å². The molecule has 0 radical (unpaired) electrons. The zero-order valence-electron chi connectivity index (χ0n) is 14.3. The number of para-hydroxylation sites is 1. The minimum atomic E-state index is -0.468. The lowest BCUT2D eigenvalue weighted by Crippen LogP contribution is -2.43. The van der Waals surface area contributed by atoms with Crippen molar-refractivity contribution in [2.75, 3.05) is 18.4 Å². The average molecular weight is 344 g/mol. The number of carbonyl (C=O) groups excluding carboxylic acids is 2. The molecular weight excluding hydrogens is 323 g/mol. The van der Waals surface area contributed by atoms with Crippen LogP contribution in [0.25, 0.3) is 0 Å². The maximum atomic E-state index is 13.7. The zero-order chi connectivity index (χ0) is 18.0. The molecule has 1 aliphatic heterocycles. The third-order valence-electron chi connectivity index (χ3n) is 4.48. The van der Waals surface area contributed by atoms with Gasteiger partial charge in [-0.15, -0.1) is 0 Å². The number of hydrogen-bond donors (Lipinski definition) is 1. The Kier molecular flexibility index (Phi) is 4.88. The van der Waals surface area contributed by atoms with Crippen molar-refractivity contribution in [2.24, 2.45) is 5.92 Å². The Hall–Kier alpha value is -2.63. The molecule has 1 aromatic heterocycles. The molecule has 1 unspecified atom stereocenters. The topological polar surface area (TPSA) is 62.6 Å². The first-order chi connectivity index (χ1) is 12.0. The Balaban J connectivity index is 1.68. The van der Waals surface area contributed by atoms with Crippen LogP contribution in [0, 0.1) is 25.6 Å². The van der Waals surface area contributed by atoms with Crippen LogP contribution < -0.4 is 5.32 Å². The number of amides is 2. The van der Waals surface area contributed by atoms with Crippen molar-refractivity contribution in [1.29, 1.82) is 0 Å². The molecule has 1 saturated heterocycles. The van der Waals surface area contributed by atoms with Crippen LogP contribution in [0.1, 0.15) is 34.7 Å². The highest BCUT2D eigenvalue weighted by atomic mass is 19.1. The van der Waals surface area contributed by atoms with Gasteiger partial charge >= 0.3 is 0 Å². The molecule has 0 saturated carbocycles. The van der Waals surface area contributed by atoms with Crippen molar-refractivity contribution in [3.05, 3.63) is 53.2 Å². The Bertz CT molecular complexity index is 800. The van der Waals surface area contributed by atoms with Gasteiger partial charge in [0.2, 0.25) is 5.91 Å². The first kappa shape index (κ1) is 17.2. The zero-order valence-corrected chi connectivity index (χ0v) is 14.3. The Labute approximate surface area is 145 Å². The van der Waals surface area contributed by atoms with E-state index in [1.165, 1.54) is 12.1 Å². The fraction of sp³-hybridized carbons (Fsp3) is 0.368. The van der Waals surface area contributed by atoms with Crippen LogP contribution in [0.5, 0.6) is 0 Å². The number of aryl methyl sites for hydroxylation is 2. The molecule has 1 atom stereocenters. The fourth-order valence-electron chi connectivity index (χ4n) is 3.19. The van der Waals surface area contributed by atoms with Gasteiger partial charge in [-0.05, 0) is 44.9 Å². The summed E-state index contributed by atoms with van der Waals surface area (Å²) in [6, 6.07) is 7.79. The van der Waals surface area contributed by atoms with E-state index >= 15 is 0 Å². The summed E-state index contributed by atoms with van der Waals surface area (Å²) >= 11 is 0. The summed E-state index contributed by atoms with van der Waals surface area (Å²) < 4.78 is 19.1. The number of nitrogens with zero attached hydrogens (tertiary/aromatic N) is 1. The van der Waals surface area contributed by atoms with Crippen molar-refractivity contribution in [1.82, 2.24) is 4.90 Å². The average Bonchev–Trinajstić information content (AvgIpc) is 2.94. The Morgan fingerprint density at radius 3 is 2.72 bits per heavy atom. The molecule has 3 rings (SSSR count). The van der Waals surface area contributed by atoms with Crippen molar-refractivity contribution in [3.63, 3.8) is 0 Å². The lowest BCUT2D eigenvalue weighted by Gasteiger charge is -2.32. The van der Waals surface area contributed by atoms with Gasteiger partial charge in [-0.1, -0.05) is 12.1 Å². The number of likely N-dealkylation sites (tertiary alicyclic amines) is 1. The minimum Gasteiger partial charge on any atom is -0.466 e. The molecule has 1 aromatic carbocycles.